The largest absolute Gasteiger partial charge is 0.508 e. The van der Waals surface area contributed by atoms with Crippen LogP contribution in [0.15, 0.2) is 18.2 Å². The molecule has 1 saturated carbocycles. The molecule has 86 valence electrons. The first-order valence-corrected chi connectivity index (χ1v) is 5.27. The molecule has 0 aromatic heterocycles. The smallest absolute Gasteiger partial charge is 0.254 e. The van der Waals surface area contributed by atoms with E-state index < -0.39 is 11.7 Å². The molecular formula is C12H14FNO2. The summed E-state index contributed by atoms with van der Waals surface area (Å²) >= 11 is 0. The number of carbonyl (C=O) groups is 1. The summed E-state index contributed by atoms with van der Waals surface area (Å²) in [6, 6.07) is 3.53. The highest BCUT2D eigenvalue weighted by atomic mass is 19.1. The van der Waals surface area contributed by atoms with E-state index in [0.717, 1.165) is 18.9 Å². The van der Waals surface area contributed by atoms with Gasteiger partial charge in [-0.1, -0.05) is 6.92 Å². The highest BCUT2D eigenvalue weighted by Crippen LogP contribution is 2.44. The lowest BCUT2D eigenvalue weighted by molar-refractivity contribution is 0.0942. The van der Waals surface area contributed by atoms with Crippen molar-refractivity contribution in [3.63, 3.8) is 0 Å². The highest BCUT2D eigenvalue weighted by Gasteiger charge is 2.37. The Labute approximate surface area is 93.3 Å². The third kappa shape index (κ3) is 2.32. The number of nitrogens with one attached hydrogen (secondary N) is 1. The molecule has 1 fully saturated rings. The number of halogens is 1. The molecule has 0 unspecified atom stereocenters. The molecule has 0 spiro atoms. The van der Waals surface area contributed by atoms with Crippen molar-refractivity contribution in [1.82, 2.24) is 5.32 Å². The van der Waals surface area contributed by atoms with Crippen LogP contribution >= 0.6 is 0 Å². The Balaban J connectivity index is 2.02. The van der Waals surface area contributed by atoms with Crippen LogP contribution in [0, 0.1) is 11.2 Å². The molecule has 3 nitrogen and oxygen atoms in total. The first kappa shape index (κ1) is 10.9. The van der Waals surface area contributed by atoms with Gasteiger partial charge in [-0.3, -0.25) is 4.79 Å². The molecule has 1 aromatic rings. The van der Waals surface area contributed by atoms with Gasteiger partial charge in [-0.05, 0) is 30.4 Å². The lowest BCUT2D eigenvalue weighted by atomic mass is 10.1. The fraction of sp³-hybridized carbons (Fsp3) is 0.417. The van der Waals surface area contributed by atoms with Crippen LogP contribution in [0.2, 0.25) is 0 Å². The van der Waals surface area contributed by atoms with Gasteiger partial charge in [0.15, 0.2) is 0 Å². The minimum atomic E-state index is -0.696. The third-order valence-corrected chi connectivity index (χ3v) is 2.98. The van der Waals surface area contributed by atoms with Gasteiger partial charge in [0.2, 0.25) is 0 Å². The first-order valence-electron chi connectivity index (χ1n) is 5.27. The van der Waals surface area contributed by atoms with Gasteiger partial charge >= 0.3 is 0 Å². The molecule has 16 heavy (non-hydrogen) atoms. The van der Waals surface area contributed by atoms with E-state index in [9.17, 15) is 9.18 Å². The van der Waals surface area contributed by atoms with Crippen LogP contribution in [-0.4, -0.2) is 17.6 Å². The van der Waals surface area contributed by atoms with E-state index >= 15 is 0 Å². The van der Waals surface area contributed by atoms with Crippen molar-refractivity contribution in [2.24, 2.45) is 5.41 Å². The van der Waals surface area contributed by atoms with Crippen molar-refractivity contribution in [2.45, 2.75) is 19.8 Å². The molecule has 1 amide bonds. The zero-order valence-corrected chi connectivity index (χ0v) is 9.09. The molecule has 0 bridgehead atoms. The number of carbonyl (C=O) groups excluding carboxylic acids is 1. The summed E-state index contributed by atoms with van der Waals surface area (Å²) in [6.45, 7) is 2.66. The van der Waals surface area contributed by atoms with Crippen molar-refractivity contribution in [2.75, 3.05) is 6.54 Å². The predicted molar refractivity (Wildman–Crippen MR) is 57.7 cm³/mol. The van der Waals surface area contributed by atoms with E-state index in [0.29, 0.717) is 6.54 Å². The van der Waals surface area contributed by atoms with Crippen LogP contribution in [0.3, 0.4) is 0 Å². The number of hydrogen-bond acceptors (Lipinski definition) is 2. The van der Waals surface area contributed by atoms with Gasteiger partial charge in [-0.2, -0.15) is 0 Å². The van der Waals surface area contributed by atoms with E-state index in [1.54, 1.807) is 0 Å². The van der Waals surface area contributed by atoms with Gasteiger partial charge in [-0.15, -0.1) is 0 Å². The number of rotatable bonds is 3. The number of phenolic OH excluding ortho intramolecular Hbond substituents is 1. The predicted octanol–water partition coefficient (Wildman–Crippen LogP) is 2.06. The Morgan fingerprint density at radius 1 is 1.56 bits per heavy atom. The second-order valence-electron chi connectivity index (χ2n) is 4.66. The summed E-state index contributed by atoms with van der Waals surface area (Å²) in [6.07, 6.45) is 2.21. The summed E-state index contributed by atoms with van der Waals surface area (Å²) in [4.78, 5) is 11.6. The molecule has 0 radical (unpaired) electrons. The number of phenols is 1. The van der Waals surface area contributed by atoms with Crippen molar-refractivity contribution < 1.29 is 14.3 Å². The summed E-state index contributed by atoms with van der Waals surface area (Å²) in [5, 5.41) is 11.7. The maximum atomic E-state index is 13.3. The average molecular weight is 223 g/mol. The fourth-order valence-corrected chi connectivity index (χ4v) is 1.47. The molecule has 0 atom stereocenters. The van der Waals surface area contributed by atoms with Crippen LogP contribution in [0.5, 0.6) is 5.75 Å². The second-order valence-corrected chi connectivity index (χ2v) is 4.66. The maximum absolute atomic E-state index is 13.3. The fourth-order valence-electron chi connectivity index (χ4n) is 1.47. The number of aromatic hydroxyl groups is 1. The van der Waals surface area contributed by atoms with Gasteiger partial charge in [0.05, 0.1) is 5.56 Å². The van der Waals surface area contributed by atoms with Gasteiger partial charge in [0.25, 0.3) is 5.91 Å². The van der Waals surface area contributed by atoms with Crippen LogP contribution in [0.25, 0.3) is 0 Å². The summed E-state index contributed by atoms with van der Waals surface area (Å²) < 4.78 is 13.3. The minimum absolute atomic E-state index is 0.0259. The van der Waals surface area contributed by atoms with Crippen LogP contribution in [0.1, 0.15) is 30.1 Å². The molecule has 2 rings (SSSR count). The van der Waals surface area contributed by atoms with Gasteiger partial charge < -0.3 is 10.4 Å². The van der Waals surface area contributed by atoms with E-state index in [1.807, 2.05) is 0 Å². The SMILES string of the molecule is CC1(CNC(=O)c2ccc(O)cc2F)CC1. The molecule has 0 saturated heterocycles. The summed E-state index contributed by atoms with van der Waals surface area (Å²) in [7, 11) is 0. The Morgan fingerprint density at radius 3 is 2.81 bits per heavy atom. The zero-order chi connectivity index (χ0) is 11.8. The Morgan fingerprint density at radius 2 is 2.25 bits per heavy atom. The molecule has 4 heteroatoms. The lowest BCUT2D eigenvalue weighted by Crippen LogP contribution is -2.29. The number of benzene rings is 1. The molecule has 1 aliphatic rings. The second kappa shape index (κ2) is 3.77. The average Bonchev–Trinajstić information content (AvgIpc) is 2.94. The van der Waals surface area contributed by atoms with Crippen molar-refractivity contribution in [1.29, 1.82) is 0 Å². The maximum Gasteiger partial charge on any atom is 0.254 e. The Bertz CT molecular complexity index is 427. The Hall–Kier alpha value is -1.58. The lowest BCUT2D eigenvalue weighted by Gasteiger charge is -2.10. The highest BCUT2D eigenvalue weighted by molar-refractivity contribution is 5.94. The minimum Gasteiger partial charge on any atom is -0.508 e. The van der Waals surface area contributed by atoms with Crippen molar-refractivity contribution in [3.05, 3.63) is 29.6 Å². The molecule has 1 aromatic carbocycles. The normalized spacial score (nSPS) is 16.9. The topological polar surface area (TPSA) is 49.3 Å². The van der Waals surface area contributed by atoms with E-state index in [2.05, 4.69) is 12.2 Å². The van der Waals surface area contributed by atoms with Gasteiger partial charge in [0, 0.05) is 12.6 Å². The monoisotopic (exact) mass is 223 g/mol. The van der Waals surface area contributed by atoms with Crippen molar-refractivity contribution >= 4 is 5.91 Å². The van der Waals surface area contributed by atoms with Crippen molar-refractivity contribution in [3.8, 4) is 5.75 Å². The summed E-state index contributed by atoms with van der Waals surface area (Å²) in [5.74, 6) is -1.30. The summed E-state index contributed by atoms with van der Waals surface area (Å²) in [5.41, 5.74) is 0.172. The molecule has 2 N–H and O–H groups in total. The van der Waals surface area contributed by atoms with E-state index in [-0.39, 0.29) is 16.7 Å². The molecule has 1 aliphatic carbocycles. The first-order chi connectivity index (χ1) is 7.50. The molecule has 0 aliphatic heterocycles. The van der Waals surface area contributed by atoms with Crippen LogP contribution in [-0.2, 0) is 0 Å². The third-order valence-electron chi connectivity index (χ3n) is 2.98. The van der Waals surface area contributed by atoms with Crippen LogP contribution in [0.4, 0.5) is 4.39 Å². The van der Waals surface area contributed by atoms with Gasteiger partial charge in [0.1, 0.15) is 11.6 Å². The Kier molecular flexibility index (Phi) is 2.58. The van der Waals surface area contributed by atoms with Gasteiger partial charge in [-0.25, -0.2) is 4.39 Å². The van der Waals surface area contributed by atoms with E-state index in [4.69, 9.17) is 5.11 Å². The number of hydrogen-bond donors (Lipinski definition) is 2. The molecular weight excluding hydrogens is 209 g/mol. The standard InChI is InChI=1S/C12H14FNO2/c1-12(4-5-12)7-14-11(16)9-3-2-8(15)6-10(9)13/h2-3,6,15H,4-5,7H2,1H3,(H,14,16). The zero-order valence-electron chi connectivity index (χ0n) is 9.09. The number of amides is 1. The quantitative estimate of drug-likeness (QED) is 0.824. The molecule has 0 heterocycles. The van der Waals surface area contributed by atoms with Crippen LogP contribution < -0.4 is 5.32 Å². The van der Waals surface area contributed by atoms with E-state index in [1.165, 1.54) is 12.1 Å².